The summed E-state index contributed by atoms with van der Waals surface area (Å²) in [5.41, 5.74) is 1.52. The fourth-order valence-corrected chi connectivity index (χ4v) is 3.17. The number of hydrogen-bond acceptors (Lipinski definition) is 2. The number of aromatic nitrogens is 1. The number of hydrogen-bond donors (Lipinski definition) is 0. The smallest absolute Gasteiger partial charge is 0.257 e. The van der Waals surface area contributed by atoms with E-state index in [1.807, 2.05) is 29.2 Å². The van der Waals surface area contributed by atoms with Crippen LogP contribution in [0.4, 0.5) is 0 Å². The fourth-order valence-electron chi connectivity index (χ4n) is 2.77. The van der Waals surface area contributed by atoms with E-state index in [2.05, 4.69) is 4.98 Å². The van der Waals surface area contributed by atoms with Crippen molar-refractivity contribution in [3.05, 3.63) is 63.9 Å². The normalized spacial score (nSPS) is 18.0. The highest BCUT2D eigenvalue weighted by molar-refractivity contribution is 6.32. The lowest BCUT2D eigenvalue weighted by Gasteiger charge is -2.25. The summed E-state index contributed by atoms with van der Waals surface area (Å²) < 4.78 is 0. The van der Waals surface area contributed by atoms with Crippen LogP contribution in [0.1, 0.15) is 34.8 Å². The van der Waals surface area contributed by atoms with Gasteiger partial charge in [-0.05, 0) is 42.7 Å². The van der Waals surface area contributed by atoms with E-state index >= 15 is 0 Å². The highest BCUT2D eigenvalue weighted by Gasteiger charge is 2.31. The SMILES string of the molecule is O=C(c1cccnc1Cl)N1CCCC1c1cccc(Cl)c1. The molecule has 108 valence electrons. The molecule has 1 unspecified atom stereocenters. The van der Waals surface area contributed by atoms with Crippen molar-refractivity contribution in [1.82, 2.24) is 9.88 Å². The second-order valence-electron chi connectivity index (χ2n) is 5.05. The minimum Gasteiger partial charge on any atom is -0.332 e. The Bertz CT molecular complexity index is 675. The van der Waals surface area contributed by atoms with Crippen LogP contribution in [0.3, 0.4) is 0 Å². The lowest BCUT2D eigenvalue weighted by Crippen LogP contribution is -2.30. The molecule has 1 aliphatic heterocycles. The average molecular weight is 321 g/mol. The van der Waals surface area contributed by atoms with Crippen LogP contribution in [-0.2, 0) is 0 Å². The second kappa shape index (κ2) is 6.04. The van der Waals surface area contributed by atoms with Gasteiger partial charge < -0.3 is 4.90 Å². The summed E-state index contributed by atoms with van der Waals surface area (Å²) in [6.45, 7) is 0.723. The van der Waals surface area contributed by atoms with Crippen molar-refractivity contribution in [1.29, 1.82) is 0 Å². The largest absolute Gasteiger partial charge is 0.332 e. The number of benzene rings is 1. The first-order chi connectivity index (χ1) is 10.2. The summed E-state index contributed by atoms with van der Waals surface area (Å²) >= 11 is 12.1. The first kappa shape index (κ1) is 14.4. The van der Waals surface area contributed by atoms with E-state index in [0.29, 0.717) is 10.6 Å². The molecule has 2 aromatic rings. The number of carbonyl (C=O) groups excluding carboxylic acids is 1. The van der Waals surface area contributed by atoms with Crippen LogP contribution in [0, 0.1) is 0 Å². The zero-order valence-corrected chi connectivity index (χ0v) is 12.8. The molecule has 1 aromatic heterocycles. The van der Waals surface area contributed by atoms with E-state index in [0.717, 1.165) is 24.9 Å². The van der Waals surface area contributed by atoms with Gasteiger partial charge in [-0.1, -0.05) is 35.3 Å². The standard InChI is InChI=1S/C16H14Cl2N2O/c17-12-5-1-4-11(10-12)14-7-3-9-20(14)16(21)13-6-2-8-19-15(13)18/h1-2,4-6,8,10,14H,3,7,9H2. The van der Waals surface area contributed by atoms with E-state index in [9.17, 15) is 4.79 Å². The Balaban J connectivity index is 1.91. The Morgan fingerprint density at radius 1 is 1.24 bits per heavy atom. The number of amides is 1. The topological polar surface area (TPSA) is 33.2 Å². The molecule has 3 rings (SSSR count). The molecule has 1 amide bonds. The molecule has 0 spiro atoms. The van der Waals surface area contributed by atoms with Gasteiger partial charge >= 0.3 is 0 Å². The van der Waals surface area contributed by atoms with Gasteiger partial charge in [0.2, 0.25) is 0 Å². The molecule has 1 aliphatic rings. The highest BCUT2D eigenvalue weighted by atomic mass is 35.5. The third-order valence-corrected chi connectivity index (χ3v) is 4.27. The minimum atomic E-state index is -0.0735. The molecule has 0 radical (unpaired) electrons. The van der Waals surface area contributed by atoms with E-state index in [1.165, 1.54) is 0 Å². The van der Waals surface area contributed by atoms with Crippen molar-refractivity contribution in [3.63, 3.8) is 0 Å². The van der Waals surface area contributed by atoms with Crippen LogP contribution in [0.25, 0.3) is 0 Å². The number of carbonyl (C=O) groups is 1. The van der Waals surface area contributed by atoms with E-state index in [1.54, 1.807) is 18.3 Å². The van der Waals surface area contributed by atoms with E-state index in [-0.39, 0.29) is 17.1 Å². The molecule has 1 atom stereocenters. The van der Waals surface area contributed by atoms with Crippen LogP contribution < -0.4 is 0 Å². The van der Waals surface area contributed by atoms with Gasteiger partial charge in [0.15, 0.2) is 0 Å². The summed E-state index contributed by atoms with van der Waals surface area (Å²) in [5.74, 6) is -0.0735. The fraction of sp³-hybridized carbons (Fsp3) is 0.250. The van der Waals surface area contributed by atoms with Crippen LogP contribution in [0.15, 0.2) is 42.6 Å². The Hall–Kier alpha value is -1.58. The molecular formula is C16H14Cl2N2O. The quantitative estimate of drug-likeness (QED) is 0.770. The minimum absolute atomic E-state index is 0.0486. The van der Waals surface area contributed by atoms with Crippen molar-refractivity contribution < 1.29 is 4.79 Å². The lowest BCUT2D eigenvalue weighted by molar-refractivity contribution is 0.0735. The molecule has 0 saturated carbocycles. The summed E-state index contributed by atoms with van der Waals surface area (Å²) in [7, 11) is 0. The Morgan fingerprint density at radius 2 is 2.10 bits per heavy atom. The first-order valence-electron chi connectivity index (χ1n) is 6.84. The number of pyridine rings is 1. The van der Waals surface area contributed by atoms with Crippen LogP contribution in [-0.4, -0.2) is 22.3 Å². The van der Waals surface area contributed by atoms with Crippen LogP contribution >= 0.6 is 23.2 Å². The maximum Gasteiger partial charge on any atom is 0.257 e. The molecule has 1 fully saturated rings. The van der Waals surface area contributed by atoms with Gasteiger partial charge in [0.1, 0.15) is 5.15 Å². The molecule has 5 heteroatoms. The molecule has 1 aromatic carbocycles. The molecule has 21 heavy (non-hydrogen) atoms. The van der Waals surface area contributed by atoms with Crippen molar-refractivity contribution >= 4 is 29.1 Å². The summed E-state index contributed by atoms with van der Waals surface area (Å²) in [4.78, 5) is 18.5. The van der Waals surface area contributed by atoms with Gasteiger partial charge in [-0.25, -0.2) is 4.98 Å². The van der Waals surface area contributed by atoms with Gasteiger partial charge in [0.05, 0.1) is 11.6 Å². The van der Waals surface area contributed by atoms with Crippen molar-refractivity contribution in [2.24, 2.45) is 0 Å². The number of likely N-dealkylation sites (tertiary alicyclic amines) is 1. The highest BCUT2D eigenvalue weighted by Crippen LogP contribution is 2.34. The lowest BCUT2D eigenvalue weighted by atomic mass is 10.0. The van der Waals surface area contributed by atoms with E-state index < -0.39 is 0 Å². The number of nitrogens with zero attached hydrogens (tertiary/aromatic N) is 2. The van der Waals surface area contributed by atoms with Gasteiger partial charge in [-0.3, -0.25) is 4.79 Å². The van der Waals surface area contributed by atoms with Crippen molar-refractivity contribution in [2.75, 3.05) is 6.54 Å². The summed E-state index contributed by atoms with van der Waals surface area (Å²) in [5, 5.41) is 0.936. The average Bonchev–Trinajstić information content (AvgIpc) is 2.96. The second-order valence-corrected chi connectivity index (χ2v) is 5.85. The monoisotopic (exact) mass is 320 g/mol. The zero-order valence-electron chi connectivity index (χ0n) is 11.3. The maximum absolute atomic E-state index is 12.7. The van der Waals surface area contributed by atoms with Gasteiger partial charge in [0.25, 0.3) is 5.91 Å². The molecule has 3 nitrogen and oxygen atoms in total. The number of rotatable bonds is 2. The van der Waals surface area contributed by atoms with Crippen molar-refractivity contribution in [2.45, 2.75) is 18.9 Å². The Kier molecular flexibility index (Phi) is 4.13. The van der Waals surface area contributed by atoms with Crippen LogP contribution in [0.5, 0.6) is 0 Å². The van der Waals surface area contributed by atoms with E-state index in [4.69, 9.17) is 23.2 Å². The maximum atomic E-state index is 12.7. The predicted octanol–water partition coefficient (Wildman–Crippen LogP) is 4.37. The van der Waals surface area contributed by atoms with Gasteiger partial charge in [-0.2, -0.15) is 0 Å². The third-order valence-electron chi connectivity index (χ3n) is 3.74. The molecule has 0 aliphatic carbocycles. The molecule has 1 saturated heterocycles. The molecule has 2 heterocycles. The zero-order chi connectivity index (χ0) is 14.8. The Labute approximate surface area is 133 Å². The van der Waals surface area contributed by atoms with Crippen LogP contribution in [0.2, 0.25) is 10.2 Å². The molecular weight excluding hydrogens is 307 g/mol. The van der Waals surface area contributed by atoms with Gasteiger partial charge in [-0.15, -0.1) is 0 Å². The molecule has 0 N–H and O–H groups in total. The third kappa shape index (κ3) is 2.89. The molecule has 0 bridgehead atoms. The van der Waals surface area contributed by atoms with Crippen molar-refractivity contribution in [3.8, 4) is 0 Å². The number of halogens is 2. The predicted molar refractivity (Wildman–Crippen MR) is 83.7 cm³/mol. The van der Waals surface area contributed by atoms with Gasteiger partial charge in [0, 0.05) is 17.8 Å². The summed E-state index contributed by atoms with van der Waals surface area (Å²) in [6.07, 6.45) is 3.49. The first-order valence-corrected chi connectivity index (χ1v) is 7.59. The summed E-state index contributed by atoms with van der Waals surface area (Å²) in [6, 6.07) is 11.2. The Morgan fingerprint density at radius 3 is 2.86 bits per heavy atom.